The molecule has 0 atom stereocenters. The fourth-order valence-electron chi connectivity index (χ4n) is 4.68. The number of allylic oxidation sites excluding steroid dienone is 2. The van der Waals surface area contributed by atoms with Gasteiger partial charge in [0, 0.05) is 43.7 Å². The van der Waals surface area contributed by atoms with Gasteiger partial charge >= 0.3 is 0 Å². The van der Waals surface area contributed by atoms with Crippen LogP contribution >= 0.6 is 0 Å². The van der Waals surface area contributed by atoms with Crippen molar-refractivity contribution in [3.8, 4) is 0 Å². The molecule has 6 nitrogen and oxygen atoms in total. The van der Waals surface area contributed by atoms with Crippen LogP contribution in [-0.2, 0) is 22.6 Å². The Morgan fingerprint density at radius 2 is 1.76 bits per heavy atom. The summed E-state index contributed by atoms with van der Waals surface area (Å²) >= 11 is 0. The van der Waals surface area contributed by atoms with E-state index in [1.54, 1.807) is 26.4 Å². The molecule has 42 heavy (non-hydrogen) atoms. The number of aromatic nitrogens is 1. The minimum atomic E-state index is 0.0942. The molecule has 232 valence electrons. The number of rotatable bonds is 13. The van der Waals surface area contributed by atoms with Gasteiger partial charge in [-0.25, -0.2) is 0 Å². The maximum atomic E-state index is 12.6. The summed E-state index contributed by atoms with van der Waals surface area (Å²) < 4.78 is 0. The molecule has 0 amide bonds. The smallest absolute Gasteiger partial charge is 0.164 e. The molecule has 0 saturated heterocycles. The van der Waals surface area contributed by atoms with Crippen molar-refractivity contribution in [1.82, 2.24) is 9.88 Å². The summed E-state index contributed by atoms with van der Waals surface area (Å²) in [5, 5.41) is 0. The van der Waals surface area contributed by atoms with E-state index in [0.717, 1.165) is 31.0 Å². The van der Waals surface area contributed by atoms with E-state index in [9.17, 15) is 9.59 Å². The molecule has 0 bridgehead atoms. The fraction of sp³-hybridized carbons (Fsp3) is 0.528. The Labute approximate surface area is 255 Å². The van der Waals surface area contributed by atoms with E-state index < -0.39 is 0 Å². The van der Waals surface area contributed by atoms with Crippen LogP contribution in [0.5, 0.6) is 0 Å². The lowest BCUT2D eigenvalue weighted by Crippen LogP contribution is -2.30. The quantitative estimate of drug-likeness (QED) is 0.178. The Bertz CT molecular complexity index is 1040. The zero-order chi connectivity index (χ0) is 31.6. The number of benzene rings is 1. The molecular weight excluding hydrogens is 522 g/mol. The lowest BCUT2D eigenvalue weighted by atomic mass is 9.91. The van der Waals surface area contributed by atoms with Gasteiger partial charge in [-0.15, -0.1) is 0 Å². The number of hydrogen-bond donors (Lipinski definition) is 0. The summed E-state index contributed by atoms with van der Waals surface area (Å²) in [7, 11) is 1.74. The van der Waals surface area contributed by atoms with Crippen molar-refractivity contribution < 1.29 is 14.4 Å². The Hall–Kier alpha value is -3.25. The van der Waals surface area contributed by atoms with Crippen LogP contribution in [0.2, 0.25) is 0 Å². The standard InChI is InChI=1S/C26H33N3O2.C7H14.C2H6.CH2O/c1-21-10-6-7-11-24(21)20-29(19-22(2)30)17-9-13-26(31)23-14-15-25(28-18-23)12-5-4-8-16-27-3;1-7-5-3-2-4-6-7;2*1-2/h4,6-8,10-11,14-16,18H,5,9,12-13,17,19-20H2,1-3H3;7H,2-6H2,1H3;1-2H3;1H2/b8-4-,27-16?;;;. The van der Waals surface area contributed by atoms with Gasteiger partial charge in [0.2, 0.25) is 0 Å². The van der Waals surface area contributed by atoms with E-state index >= 15 is 0 Å². The predicted molar refractivity (Wildman–Crippen MR) is 178 cm³/mol. The molecule has 1 saturated carbocycles. The fourth-order valence-corrected chi connectivity index (χ4v) is 4.68. The Morgan fingerprint density at radius 3 is 2.31 bits per heavy atom. The van der Waals surface area contributed by atoms with E-state index in [1.165, 1.54) is 43.2 Å². The van der Waals surface area contributed by atoms with E-state index in [0.29, 0.717) is 31.5 Å². The SMILES string of the molecule is C=O.CC.CC1CCCCC1.CN=C/C=C\CCc1ccc(C(=O)CCCN(CC(C)=O)Cc2ccccc2C)cn1. The molecule has 1 heterocycles. The maximum absolute atomic E-state index is 12.6. The van der Waals surface area contributed by atoms with Gasteiger partial charge in [0.1, 0.15) is 12.6 Å². The third-order valence-electron chi connectivity index (χ3n) is 6.96. The summed E-state index contributed by atoms with van der Waals surface area (Å²) in [6, 6.07) is 12.0. The monoisotopic (exact) mass is 577 g/mol. The van der Waals surface area contributed by atoms with Crippen LogP contribution in [-0.4, -0.2) is 54.6 Å². The van der Waals surface area contributed by atoms with Gasteiger partial charge < -0.3 is 4.79 Å². The minimum absolute atomic E-state index is 0.0942. The van der Waals surface area contributed by atoms with Crippen molar-refractivity contribution in [2.45, 2.75) is 99.0 Å². The van der Waals surface area contributed by atoms with Gasteiger partial charge in [-0.05, 0) is 74.9 Å². The number of hydrogen-bond acceptors (Lipinski definition) is 6. The van der Waals surface area contributed by atoms with Crippen molar-refractivity contribution in [1.29, 1.82) is 0 Å². The lowest BCUT2D eigenvalue weighted by molar-refractivity contribution is -0.118. The molecule has 1 fully saturated rings. The molecule has 0 N–H and O–H groups in total. The molecule has 3 rings (SSSR count). The van der Waals surface area contributed by atoms with Crippen LogP contribution in [0, 0.1) is 12.8 Å². The first kappa shape index (κ1) is 38.8. The lowest BCUT2D eigenvalue weighted by Gasteiger charge is -2.22. The molecule has 0 radical (unpaired) electrons. The molecule has 0 spiro atoms. The molecule has 6 heteroatoms. The predicted octanol–water partition coefficient (Wildman–Crippen LogP) is 8.06. The first-order valence-electron chi connectivity index (χ1n) is 15.5. The summed E-state index contributed by atoms with van der Waals surface area (Å²) in [6.07, 6.45) is 17.7. The second kappa shape index (κ2) is 25.5. The number of pyridine rings is 1. The Balaban J connectivity index is 0.00000130. The maximum Gasteiger partial charge on any atom is 0.164 e. The highest BCUT2D eigenvalue weighted by atomic mass is 16.1. The van der Waals surface area contributed by atoms with Crippen LogP contribution in [0.3, 0.4) is 0 Å². The molecule has 1 aliphatic carbocycles. The van der Waals surface area contributed by atoms with Crippen LogP contribution in [0.1, 0.15) is 106 Å². The number of carbonyl (C=O) groups excluding carboxylic acids is 3. The average molecular weight is 578 g/mol. The summed E-state index contributed by atoms with van der Waals surface area (Å²) in [6.45, 7) is 13.9. The van der Waals surface area contributed by atoms with Crippen LogP contribution in [0.25, 0.3) is 0 Å². The third-order valence-corrected chi connectivity index (χ3v) is 6.96. The number of carbonyl (C=O) groups is 3. The molecule has 1 aromatic carbocycles. The van der Waals surface area contributed by atoms with E-state index in [-0.39, 0.29) is 11.6 Å². The normalized spacial score (nSPS) is 13.0. The van der Waals surface area contributed by atoms with E-state index in [2.05, 4.69) is 46.9 Å². The number of ketones is 2. The highest BCUT2D eigenvalue weighted by Crippen LogP contribution is 2.22. The second-order valence-electron chi connectivity index (χ2n) is 10.5. The van der Waals surface area contributed by atoms with Crippen LogP contribution < -0.4 is 0 Å². The zero-order valence-corrected chi connectivity index (χ0v) is 27.1. The highest BCUT2D eigenvalue weighted by molar-refractivity contribution is 5.95. The largest absolute Gasteiger partial charge is 0.307 e. The van der Waals surface area contributed by atoms with Gasteiger partial charge in [0.15, 0.2) is 5.78 Å². The topological polar surface area (TPSA) is 79.7 Å². The van der Waals surface area contributed by atoms with Crippen molar-refractivity contribution in [2.75, 3.05) is 20.1 Å². The molecule has 1 aliphatic rings. The summed E-state index contributed by atoms with van der Waals surface area (Å²) in [5.74, 6) is 1.27. The van der Waals surface area contributed by atoms with E-state index in [1.807, 2.05) is 51.0 Å². The Kier molecular flexibility index (Phi) is 23.5. The van der Waals surface area contributed by atoms with Gasteiger partial charge in [0.25, 0.3) is 0 Å². The molecular formula is C36H55N3O3. The first-order chi connectivity index (χ1) is 20.4. The summed E-state index contributed by atoms with van der Waals surface area (Å²) in [4.78, 5) is 42.7. The number of aryl methyl sites for hydroxylation is 2. The van der Waals surface area contributed by atoms with Crippen molar-refractivity contribution in [3.05, 3.63) is 77.1 Å². The van der Waals surface area contributed by atoms with E-state index in [4.69, 9.17) is 4.79 Å². The van der Waals surface area contributed by atoms with Gasteiger partial charge in [-0.2, -0.15) is 0 Å². The molecule has 0 aliphatic heterocycles. The first-order valence-corrected chi connectivity index (χ1v) is 15.5. The zero-order valence-electron chi connectivity index (χ0n) is 27.1. The molecule has 0 unspecified atom stereocenters. The Morgan fingerprint density at radius 1 is 1.07 bits per heavy atom. The second-order valence-corrected chi connectivity index (χ2v) is 10.5. The molecule has 2 aromatic rings. The van der Waals surface area contributed by atoms with Gasteiger partial charge in [-0.1, -0.05) is 83.2 Å². The van der Waals surface area contributed by atoms with Gasteiger partial charge in [-0.3, -0.25) is 24.5 Å². The van der Waals surface area contributed by atoms with Crippen molar-refractivity contribution in [3.63, 3.8) is 0 Å². The number of nitrogens with zero attached hydrogens (tertiary/aromatic N) is 3. The third kappa shape index (κ3) is 18.2. The minimum Gasteiger partial charge on any atom is -0.307 e. The molecule has 1 aromatic heterocycles. The highest BCUT2D eigenvalue weighted by Gasteiger charge is 2.12. The average Bonchev–Trinajstić information content (AvgIpc) is 3.01. The number of Topliss-reactive ketones (excluding diaryl/α,β-unsaturated/α-hetero) is 2. The van der Waals surface area contributed by atoms with Crippen LogP contribution in [0.15, 0.2) is 59.7 Å². The van der Waals surface area contributed by atoms with Gasteiger partial charge in [0.05, 0.1) is 6.54 Å². The van der Waals surface area contributed by atoms with Crippen LogP contribution in [0.4, 0.5) is 0 Å². The van der Waals surface area contributed by atoms with Crippen molar-refractivity contribution >= 4 is 24.6 Å². The summed E-state index contributed by atoms with van der Waals surface area (Å²) in [5.41, 5.74) is 4.05. The van der Waals surface area contributed by atoms with Crippen molar-refractivity contribution in [2.24, 2.45) is 10.9 Å². The number of aliphatic imine (C=N–C) groups is 1.